The van der Waals surface area contributed by atoms with Gasteiger partial charge < -0.3 is 5.11 Å². The van der Waals surface area contributed by atoms with E-state index in [1.165, 1.54) is 17.4 Å². The summed E-state index contributed by atoms with van der Waals surface area (Å²) in [6.45, 7) is 1.91. The third-order valence-corrected chi connectivity index (χ3v) is 5.41. The van der Waals surface area contributed by atoms with E-state index in [-0.39, 0.29) is 17.5 Å². The van der Waals surface area contributed by atoms with Crippen LogP contribution >= 0.6 is 22.9 Å². The standard InChI is InChI=1S/C18H12ClN3O2S/c1-9-11(16(24)15-13(23)4-3-12(19)14(9)15)7-10-8-22-18(25-10)17-20-5-2-6-21-17/h2-9,23H,1H3. The molecule has 4 rings (SSSR count). The van der Waals surface area contributed by atoms with E-state index in [2.05, 4.69) is 15.0 Å². The molecule has 1 aliphatic rings. The number of fused-ring (bicyclic) bond motifs is 1. The molecule has 7 heteroatoms. The van der Waals surface area contributed by atoms with Gasteiger partial charge in [-0.05, 0) is 29.8 Å². The molecule has 3 aromatic rings. The van der Waals surface area contributed by atoms with Crippen LogP contribution in [0.4, 0.5) is 0 Å². The molecular formula is C18H12ClN3O2S. The highest BCUT2D eigenvalue weighted by Crippen LogP contribution is 2.45. The van der Waals surface area contributed by atoms with Crippen LogP contribution in [-0.2, 0) is 0 Å². The van der Waals surface area contributed by atoms with Gasteiger partial charge in [0.1, 0.15) is 5.75 Å². The van der Waals surface area contributed by atoms with E-state index in [0.717, 1.165) is 4.88 Å². The van der Waals surface area contributed by atoms with E-state index in [0.29, 0.717) is 32.6 Å². The SMILES string of the molecule is CC1C(=Cc2cnc(-c3ncccn3)s2)C(=O)c2c(O)ccc(Cl)c21. The Morgan fingerprint density at radius 3 is 2.72 bits per heavy atom. The van der Waals surface area contributed by atoms with Gasteiger partial charge in [0.25, 0.3) is 0 Å². The summed E-state index contributed by atoms with van der Waals surface area (Å²) in [4.78, 5) is 26.2. The lowest BCUT2D eigenvalue weighted by atomic mass is 9.99. The third kappa shape index (κ3) is 2.63. The monoisotopic (exact) mass is 369 g/mol. The Kier molecular flexibility index (Phi) is 3.86. The molecule has 25 heavy (non-hydrogen) atoms. The normalized spacial score (nSPS) is 17.9. The van der Waals surface area contributed by atoms with E-state index >= 15 is 0 Å². The molecule has 0 aliphatic heterocycles. The number of carbonyl (C=O) groups excluding carboxylic acids is 1. The first-order chi connectivity index (χ1) is 12.1. The van der Waals surface area contributed by atoms with Crippen LogP contribution in [0.3, 0.4) is 0 Å². The summed E-state index contributed by atoms with van der Waals surface area (Å²) in [6.07, 6.45) is 6.80. The minimum absolute atomic E-state index is 0.0395. The molecule has 5 nitrogen and oxygen atoms in total. The Labute approximate surface area is 152 Å². The third-order valence-electron chi connectivity index (χ3n) is 4.14. The first kappa shape index (κ1) is 15.9. The van der Waals surface area contributed by atoms with Crippen molar-refractivity contribution in [2.24, 2.45) is 0 Å². The molecule has 2 aromatic heterocycles. The lowest BCUT2D eigenvalue weighted by Gasteiger charge is -2.07. The lowest BCUT2D eigenvalue weighted by Crippen LogP contribution is -1.97. The average Bonchev–Trinajstić information content (AvgIpc) is 3.18. The van der Waals surface area contributed by atoms with Gasteiger partial charge in [0.2, 0.25) is 0 Å². The molecule has 1 aromatic carbocycles. The summed E-state index contributed by atoms with van der Waals surface area (Å²) in [6, 6.07) is 4.80. The van der Waals surface area contributed by atoms with Crippen LogP contribution in [0.15, 0.2) is 42.4 Å². The van der Waals surface area contributed by atoms with Gasteiger partial charge in [-0.1, -0.05) is 18.5 Å². The fourth-order valence-electron chi connectivity index (χ4n) is 2.95. The fraction of sp³-hybridized carbons (Fsp3) is 0.111. The number of halogens is 1. The maximum Gasteiger partial charge on any atom is 0.193 e. The second kappa shape index (κ2) is 6.06. The number of phenolic OH excluding ortho intramolecular Hbond substituents is 1. The van der Waals surface area contributed by atoms with Gasteiger partial charge in [0, 0.05) is 40.0 Å². The maximum absolute atomic E-state index is 12.7. The highest BCUT2D eigenvalue weighted by atomic mass is 35.5. The first-order valence-corrected chi connectivity index (χ1v) is 8.76. The lowest BCUT2D eigenvalue weighted by molar-refractivity contribution is 0.103. The van der Waals surface area contributed by atoms with Crippen molar-refractivity contribution in [3.05, 3.63) is 63.4 Å². The van der Waals surface area contributed by atoms with Gasteiger partial charge in [-0.2, -0.15) is 0 Å². The molecule has 124 valence electrons. The van der Waals surface area contributed by atoms with Gasteiger partial charge in [0.05, 0.1) is 5.56 Å². The molecule has 1 N–H and O–H groups in total. The topological polar surface area (TPSA) is 76.0 Å². The minimum atomic E-state index is -0.201. The Balaban J connectivity index is 1.74. The minimum Gasteiger partial charge on any atom is -0.507 e. The number of allylic oxidation sites excluding steroid dienone is 1. The van der Waals surface area contributed by atoms with Crippen molar-refractivity contribution in [1.29, 1.82) is 0 Å². The van der Waals surface area contributed by atoms with Crippen molar-refractivity contribution in [3.8, 4) is 16.6 Å². The number of nitrogens with zero attached hydrogens (tertiary/aromatic N) is 3. The smallest absolute Gasteiger partial charge is 0.193 e. The summed E-state index contributed by atoms with van der Waals surface area (Å²) >= 11 is 7.64. The van der Waals surface area contributed by atoms with Gasteiger partial charge in [0.15, 0.2) is 16.6 Å². The van der Waals surface area contributed by atoms with Crippen LogP contribution in [0.5, 0.6) is 5.75 Å². The van der Waals surface area contributed by atoms with Crippen molar-refractivity contribution >= 4 is 34.8 Å². The van der Waals surface area contributed by atoms with Crippen LogP contribution in [0, 0.1) is 0 Å². The quantitative estimate of drug-likeness (QED) is 0.680. The van der Waals surface area contributed by atoms with E-state index in [4.69, 9.17) is 11.6 Å². The molecule has 0 spiro atoms. The second-order valence-electron chi connectivity index (χ2n) is 5.65. The molecule has 0 amide bonds. The van der Waals surface area contributed by atoms with Gasteiger partial charge in [-0.15, -0.1) is 11.3 Å². The number of thiazole rings is 1. The summed E-state index contributed by atoms with van der Waals surface area (Å²) in [5, 5.41) is 11.2. The van der Waals surface area contributed by atoms with Crippen LogP contribution in [-0.4, -0.2) is 25.8 Å². The Bertz CT molecular complexity index is 1010. The number of aromatic nitrogens is 3. The number of benzene rings is 1. The number of phenols is 1. The summed E-state index contributed by atoms with van der Waals surface area (Å²) < 4.78 is 0. The Morgan fingerprint density at radius 2 is 2.00 bits per heavy atom. The van der Waals surface area contributed by atoms with Crippen LogP contribution in [0.25, 0.3) is 16.9 Å². The molecule has 0 fully saturated rings. The highest BCUT2D eigenvalue weighted by molar-refractivity contribution is 7.15. The predicted octanol–water partition coefficient (Wildman–Crippen LogP) is 4.34. The number of hydrogen-bond donors (Lipinski definition) is 1. The van der Waals surface area contributed by atoms with Crippen LogP contribution < -0.4 is 0 Å². The van der Waals surface area contributed by atoms with E-state index in [9.17, 15) is 9.90 Å². The fourth-order valence-corrected chi connectivity index (χ4v) is 4.09. The molecule has 2 heterocycles. The van der Waals surface area contributed by atoms with Crippen LogP contribution in [0.2, 0.25) is 5.02 Å². The summed E-state index contributed by atoms with van der Waals surface area (Å²) in [5.74, 6) is 0.114. The summed E-state index contributed by atoms with van der Waals surface area (Å²) in [7, 11) is 0. The molecule has 0 saturated carbocycles. The predicted molar refractivity (Wildman–Crippen MR) is 97.0 cm³/mol. The largest absolute Gasteiger partial charge is 0.507 e. The molecular weight excluding hydrogens is 358 g/mol. The number of hydrogen-bond acceptors (Lipinski definition) is 6. The molecule has 1 unspecified atom stereocenters. The van der Waals surface area contributed by atoms with Crippen molar-refractivity contribution in [1.82, 2.24) is 15.0 Å². The molecule has 1 atom stereocenters. The number of ketones is 1. The molecule has 0 bridgehead atoms. The zero-order valence-electron chi connectivity index (χ0n) is 13.1. The average molecular weight is 370 g/mol. The zero-order chi connectivity index (χ0) is 17.6. The van der Waals surface area contributed by atoms with E-state index < -0.39 is 0 Å². The van der Waals surface area contributed by atoms with Crippen molar-refractivity contribution < 1.29 is 9.90 Å². The Hall–Kier alpha value is -2.57. The Morgan fingerprint density at radius 1 is 1.24 bits per heavy atom. The summed E-state index contributed by atoms with van der Waals surface area (Å²) in [5.41, 5.74) is 1.55. The van der Waals surface area contributed by atoms with E-state index in [1.54, 1.807) is 36.8 Å². The van der Waals surface area contributed by atoms with Crippen LogP contribution in [0.1, 0.15) is 33.6 Å². The number of rotatable bonds is 2. The zero-order valence-corrected chi connectivity index (χ0v) is 14.7. The van der Waals surface area contributed by atoms with E-state index in [1.807, 2.05) is 6.92 Å². The second-order valence-corrected chi connectivity index (χ2v) is 7.12. The van der Waals surface area contributed by atoms with Gasteiger partial charge >= 0.3 is 0 Å². The van der Waals surface area contributed by atoms with Gasteiger partial charge in [-0.3, -0.25) is 4.79 Å². The van der Waals surface area contributed by atoms with Crippen molar-refractivity contribution in [2.45, 2.75) is 12.8 Å². The van der Waals surface area contributed by atoms with Gasteiger partial charge in [-0.25, -0.2) is 15.0 Å². The number of Topliss-reactive ketones (excluding diaryl/α,β-unsaturated/α-hetero) is 1. The maximum atomic E-state index is 12.7. The number of aromatic hydroxyl groups is 1. The van der Waals surface area contributed by atoms with Crippen molar-refractivity contribution in [2.75, 3.05) is 0 Å². The van der Waals surface area contributed by atoms with Crippen molar-refractivity contribution in [3.63, 3.8) is 0 Å². The molecule has 0 radical (unpaired) electrons. The number of carbonyl (C=O) groups is 1. The molecule has 1 aliphatic carbocycles. The highest BCUT2D eigenvalue weighted by Gasteiger charge is 2.36. The first-order valence-electron chi connectivity index (χ1n) is 7.57. The molecule has 0 saturated heterocycles.